The minimum atomic E-state index is -3.38. The van der Waals surface area contributed by atoms with Crippen molar-refractivity contribution in [3.05, 3.63) is 23.8 Å². The van der Waals surface area contributed by atoms with Crippen molar-refractivity contribution in [2.75, 3.05) is 25.1 Å². The van der Waals surface area contributed by atoms with Crippen LogP contribution < -0.4 is 5.73 Å². The van der Waals surface area contributed by atoms with Crippen LogP contribution in [-0.2, 0) is 9.84 Å². The summed E-state index contributed by atoms with van der Waals surface area (Å²) in [6, 6.07) is 4.32. The van der Waals surface area contributed by atoms with E-state index in [9.17, 15) is 13.2 Å². The van der Waals surface area contributed by atoms with E-state index in [1.54, 1.807) is 4.90 Å². The molecule has 20 heavy (non-hydrogen) atoms. The largest absolute Gasteiger partial charge is 0.399 e. The highest BCUT2D eigenvalue weighted by atomic mass is 32.2. The summed E-state index contributed by atoms with van der Waals surface area (Å²) in [5.41, 5.74) is 6.35. The summed E-state index contributed by atoms with van der Waals surface area (Å²) in [5.74, 6) is 0.436. The van der Waals surface area contributed by atoms with Crippen molar-refractivity contribution in [3.63, 3.8) is 0 Å². The highest BCUT2D eigenvalue weighted by Crippen LogP contribution is 2.30. The smallest absolute Gasteiger partial charge is 0.253 e. The first-order valence-corrected chi connectivity index (χ1v) is 8.60. The zero-order valence-electron chi connectivity index (χ0n) is 11.8. The van der Waals surface area contributed by atoms with Gasteiger partial charge in [0.25, 0.3) is 5.91 Å². The zero-order valence-corrected chi connectivity index (χ0v) is 12.6. The topological polar surface area (TPSA) is 80.5 Å². The molecule has 1 aromatic rings. The van der Waals surface area contributed by atoms with Gasteiger partial charge in [-0.1, -0.05) is 0 Å². The molecular formula is C14H20N2O3S. The van der Waals surface area contributed by atoms with Crippen LogP contribution in [-0.4, -0.2) is 38.6 Å². The van der Waals surface area contributed by atoms with Gasteiger partial charge < -0.3 is 10.6 Å². The minimum Gasteiger partial charge on any atom is -0.399 e. The van der Waals surface area contributed by atoms with E-state index in [1.807, 2.05) is 6.92 Å². The van der Waals surface area contributed by atoms with Gasteiger partial charge in [0.05, 0.1) is 4.90 Å². The number of nitrogens with two attached hydrogens (primary N) is 1. The van der Waals surface area contributed by atoms with Gasteiger partial charge in [-0.2, -0.15) is 0 Å². The van der Waals surface area contributed by atoms with E-state index >= 15 is 0 Å². The number of sulfone groups is 1. The maximum atomic E-state index is 12.4. The molecule has 2 N–H and O–H groups in total. The van der Waals surface area contributed by atoms with E-state index in [0.29, 0.717) is 23.7 Å². The van der Waals surface area contributed by atoms with Crippen molar-refractivity contribution in [2.24, 2.45) is 5.92 Å². The van der Waals surface area contributed by atoms with Crippen molar-refractivity contribution in [2.45, 2.75) is 24.7 Å². The molecule has 1 aliphatic carbocycles. The number of anilines is 1. The lowest BCUT2D eigenvalue weighted by Crippen LogP contribution is -2.32. The van der Waals surface area contributed by atoms with Crippen molar-refractivity contribution >= 4 is 21.4 Å². The SMILES string of the molecule is CCN(CC1CC1)C(=O)c1cc(N)cc(S(C)(=O)=O)c1. The second kappa shape index (κ2) is 5.44. The lowest BCUT2D eigenvalue weighted by molar-refractivity contribution is 0.0756. The van der Waals surface area contributed by atoms with Crippen LogP contribution in [0.5, 0.6) is 0 Å². The fourth-order valence-electron chi connectivity index (χ4n) is 2.11. The maximum absolute atomic E-state index is 12.4. The monoisotopic (exact) mass is 296 g/mol. The Morgan fingerprint density at radius 2 is 2.00 bits per heavy atom. The molecule has 6 heteroatoms. The molecule has 0 heterocycles. The molecule has 0 saturated heterocycles. The lowest BCUT2D eigenvalue weighted by atomic mass is 10.1. The van der Waals surface area contributed by atoms with Crippen LogP contribution in [0, 0.1) is 5.92 Å². The summed E-state index contributed by atoms with van der Waals surface area (Å²) in [4.78, 5) is 14.3. The first kappa shape index (κ1) is 14.8. The fraction of sp³-hybridized carbons (Fsp3) is 0.500. The van der Waals surface area contributed by atoms with Crippen LogP contribution in [0.4, 0.5) is 5.69 Å². The number of nitrogen functional groups attached to an aromatic ring is 1. The summed E-state index contributed by atoms with van der Waals surface area (Å²) in [5, 5.41) is 0. The molecule has 5 nitrogen and oxygen atoms in total. The third kappa shape index (κ3) is 3.50. The van der Waals surface area contributed by atoms with E-state index in [1.165, 1.54) is 18.2 Å². The lowest BCUT2D eigenvalue weighted by Gasteiger charge is -2.21. The highest BCUT2D eigenvalue weighted by Gasteiger charge is 2.27. The van der Waals surface area contributed by atoms with Gasteiger partial charge in [-0.25, -0.2) is 8.42 Å². The first-order chi connectivity index (χ1) is 9.31. The van der Waals surface area contributed by atoms with Crippen LogP contribution in [0.15, 0.2) is 23.1 Å². The molecule has 0 bridgehead atoms. The van der Waals surface area contributed by atoms with Gasteiger partial charge in [0.1, 0.15) is 0 Å². The van der Waals surface area contributed by atoms with Crippen molar-refractivity contribution in [1.29, 1.82) is 0 Å². The third-order valence-electron chi connectivity index (χ3n) is 3.45. The number of carbonyl (C=O) groups excluding carboxylic acids is 1. The normalized spacial score (nSPS) is 15.1. The second-order valence-corrected chi connectivity index (χ2v) is 7.37. The van der Waals surface area contributed by atoms with Gasteiger partial charge in [-0.3, -0.25) is 4.79 Å². The summed E-state index contributed by atoms with van der Waals surface area (Å²) < 4.78 is 23.2. The number of nitrogens with zero attached hydrogens (tertiary/aromatic N) is 1. The molecule has 1 fully saturated rings. The van der Waals surface area contributed by atoms with Gasteiger partial charge in [0, 0.05) is 30.6 Å². The van der Waals surface area contributed by atoms with Crippen LogP contribution in [0.3, 0.4) is 0 Å². The Morgan fingerprint density at radius 1 is 1.35 bits per heavy atom. The number of rotatable bonds is 5. The second-order valence-electron chi connectivity index (χ2n) is 5.35. The summed E-state index contributed by atoms with van der Waals surface area (Å²) in [6.45, 7) is 3.26. The molecule has 0 aliphatic heterocycles. The standard InChI is InChI=1S/C14H20N2O3S/c1-3-16(9-10-4-5-10)14(17)11-6-12(15)8-13(7-11)20(2,18)19/h6-8,10H,3-5,9,15H2,1-2H3. The van der Waals surface area contributed by atoms with E-state index in [4.69, 9.17) is 5.73 Å². The molecule has 0 unspecified atom stereocenters. The summed E-state index contributed by atoms with van der Waals surface area (Å²) >= 11 is 0. The first-order valence-electron chi connectivity index (χ1n) is 6.71. The van der Waals surface area contributed by atoms with Gasteiger partial charge in [-0.15, -0.1) is 0 Å². The summed E-state index contributed by atoms with van der Waals surface area (Å²) in [6.07, 6.45) is 3.43. The van der Waals surface area contributed by atoms with Crippen LogP contribution >= 0.6 is 0 Å². The van der Waals surface area contributed by atoms with Crippen molar-refractivity contribution in [3.8, 4) is 0 Å². The predicted molar refractivity (Wildman–Crippen MR) is 78.3 cm³/mol. The minimum absolute atomic E-state index is 0.0864. The van der Waals surface area contributed by atoms with Crippen LogP contribution in [0.25, 0.3) is 0 Å². The average Bonchev–Trinajstić information content (AvgIpc) is 3.17. The third-order valence-corrected chi connectivity index (χ3v) is 4.54. The van der Waals surface area contributed by atoms with Crippen molar-refractivity contribution < 1.29 is 13.2 Å². The van der Waals surface area contributed by atoms with Gasteiger partial charge in [-0.05, 0) is 43.9 Å². The molecule has 0 aromatic heterocycles. The molecule has 1 aromatic carbocycles. The number of hydrogen-bond acceptors (Lipinski definition) is 4. The van der Waals surface area contributed by atoms with Gasteiger partial charge >= 0.3 is 0 Å². The molecular weight excluding hydrogens is 276 g/mol. The van der Waals surface area contributed by atoms with Crippen LogP contribution in [0.1, 0.15) is 30.1 Å². The maximum Gasteiger partial charge on any atom is 0.253 e. The van der Waals surface area contributed by atoms with Crippen molar-refractivity contribution in [1.82, 2.24) is 4.90 Å². The number of hydrogen-bond donors (Lipinski definition) is 1. The van der Waals surface area contributed by atoms with E-state index < -0.39 is 9.84 Å². The number of benzene rings is 1. The van der Waals surface area contributed by atoms with E-state index in [0.717, 1.165) is 25.6 Å². The molecule has 110 valence electrons. The Kier molecular flexibility index (Phi) is 4.04. The molecule has 0 spiro atoms. The molecule has 1 amide bonds. The van der Waals surface area contributed by atoms with E-state index in [-0.39, 0.29) is 10.8 Å². The molecule has 0 atom stereocenters. The van der Waals surface area contributed by atoms with Gasteiger partial charge in [0.15, 0.2) is 9.84 Å². The molecule has 0 radical (unpaired) electrons. The zero-order chi connectivity index (χ0) is 14.9. The van der Waals surface area contributed by atoms with Gasteiger partial charge in [0.2, 0.25) is 0 Å². The highest BCUT2D eigenvalue weighted by molar-refractivity contribution is 7.90. The predicted octanol–water partition coefficient (Wildman–Crippen LogP) is 1.54. The Balaban J connectivity index is 2.30. The Hall–Kier alpha value is -1.56. The molecule has 1 saturated carbocycles. The molecule has 2 rings (SSSR count). The fourth-order valence-corrected chi connectivity index (χ4v) is 2.80. The Bertz CT molecular complexity index is 621. The summed E-state index contributed by atoms with van der Waals surface area (Å²) in [7, 11) is -3.38. The quantitative estimate of drug-likeness (QED) is 0.836. The van der Waals surface area contributed by atoms with Crippen LogP contribution in [0.2, 0.25) is 0 Å². The molecule has 1 aliphatic rings. The van der Waals surface area contributed by atoms with E-state index in [2.05, 4.69) is 0 Å². The average molecular weight is 296 g/mol. The number of carbonyl (C=O) groups is 1. The Morgan fingerprint density at radius 3 is 2.50 bits per heavy atom. The number of amides is 1. The Labute approximate surface area is 119 Å².